The van der Waals surface area contributed by atoms with Gasteiger partial charge in [0.25, 0.3) is 5.91 Å². The number of nitrogen functional groups attached to an aromatic ring is 1. The van der Waals surface area contributed by atoms with E-state index in [-0.39, 0.29) is 23.1 Å². The average molecular weight is 423 g/mol. The second-order valence-corrected chi connectivity index (χ2v) is 6.23. The van der Waals surface area contributed by atoms with Gasteiger partial charge in [0.05, 0.1) is 5.56 Å². The van der Waals surface area contributed by atoms with Crippen LogP contribution in [0.5, 0.6) is 0 Å². The minimum atomic E-state index is -4.38. The van der Waals surface area contributed by atoms with Gasteiger partial charge < -0.3 is 16.4 Å². The van der Waals surface area contributed by atoms with Gasteiger partial charge >= 0.3 is 6.18 Å². The Morgan fingerprint density at radius 1 is 1.07 bits per heavy atom. The van der Waals surface area contributed by atoms with Crippen LogP contribution >= 0.6 is 11.6 Å². The van der Waals surface area contributed by atoms with Crippen LogP contribution in [0.2, 0.25) is 5.02 Å². The highest BCUT2D eigenvalue weighted by molar-refractivity contribution is 6.35. The second kappa shape index (κ2) is 8.31. The van der Waals surface area contributed by atoms with E-state index in [0.717, 1.165) is 18.5 Å². The number of hydrogen-bond acceptors (Lipinski definition) is 6. The summed E-state index contributed by atoms with van der Waals surface area (Å²) in [6, 6.07) is 7.94. The molecule has 2 aromatic heterocycles. The normalized spacial score (nSPS) is 11.2. The SMILES string of the molecule is Nc1ncnc(C(=O)NCc2ccc(Nc3ccc(C(F)(F)F)cc3)nc2)c1Cl. The Labute approximate surface area is 168 Å². The molecule has 0 aliphatic heterocycles. The Morgan fingerprint density at radius 3 is 2.41 bits per heavy atom. The molecule has 4 N–H and O–H groups in total. The lowest BCUT2D eigenvalue weighted by molar-refractivity contribution is -0.137. The van der Waals surface area contributed by atoms with Crippen molar-refractivity contribution in [1.82, 2.24) is 20.3 Å². The van der Waals surface area contributed by atoms with Gasteiger partial charge in [-0.2, -0.15) is 13.2 Å². The Bertz CT molecular complexity index is 1010. The fourth-order valence-corrected chi connectivity index (χ4v) is 2.48. The highest BCUT2D eigenvalue weighted by Crippen LogP contribution is 2.30. The minimum absolute atomic E-state index is 0.00665. The number of anilines is 3. The molecule has 0 bridgehead atoms. The van der Waals surface area contributed by atoms with Gasteiger partial charge in [-0.05, 0) is 35.9 Å². The highest BCUT2D eigenvalue weighted by Gasteiger charge is 2.29. The first-order valence-corrected chi connectivity index (χ1v) is 8.55. The van der Waals surface area contributed by atoms with Crippen LogP contribution in [0.1, 0.15) is 21.6 Å². The van der Waals surface area contributed by atoms with Crippen LogP contribution in [0.4, 0.5) is 30.5 Å². The van der Waals surface area contributed by atoms with Crippen molar-refractivity contribution in [1.29, 1.82) is 0 Å². The molecule has 0 saturated carbocycles. The molecule has 7 nitrogen and oxygen atoms in total. The van der Waals surface area contributed by atoms with Crippen molar-refractivity contribution in [3.63, 3.8) is 0 Å². The predicted molar refractivity (Wildman–Crippen MR) is 102 cm³/mol. The number of nitrogens with two attached hydrogens (primary N) is 1. The van der Waals surface area contributed by atoms with Gasteiger partial charge in [-0.3, -0.25) is 4.79 Å². The summed E-state index contributed by atoms with van der Waals surface area (Å²) in [5, 5.41) is 5.51. The number of halogens is 4. The van der Waals surface area contributed by atoms with E-state index >= 15 is 0 Å². The summed E-state index contributed by atoms with van der Waals surface area (Å²) in [5.74, 6) is -0.0744. The molecule has 0 atom stereocenters. The van der Waals surface area contributed by atoms with Crippen LogP contribution in [0.15, 0.2) is 48.9 Å². The summed E-state index contributed by atoms with van der Waals surface area (Å²) in [6.07, 6.45) is -1.73. The van der Waals surface area contributed by atoms with Crippen molar-refractivity contribution in [3.05, 3.63) is 70.8 Å². The molecule has 0 spiro atoms. The summed E-state index contributed by atoms with van der Waals surface area (Å²) < 4.78 is 37.8. The number of carbonyl (C=O) groups excluding carboxylic acids is 1. The van der Waals surface area contributed by atoms with Gasteiger partial charge in [-0.15, -0.1) is 0 Å². The summed E-state index contributed by atoms with van der Waals surface area (Å²) in [6.45, 7) is 0.159. The van der Waals surface area contributed by atoms with Crippen molar-refractivity contribution in [2.24, 2.45) is 0 Å². The molecule has 2 heterocycles. The molecule has 1 aromatic carbocycles. The van der Waals surface area contributed by atoms with Gasteiger partial charge in [0, 0.05) is 18.4 Å². The van der Waals surface area contributed by atoms with E-state index < -0.39 is 17.6 Å². The second-order valence-electron chi connectivity index (χ2n) is 5.86. The molecule has 150 valence electrons. The third-order valence-corrected chi connectivity index (χ3v) is 4.17. The molecular weight excluding hydrogens is 409 g/mol. The maximum atomic E-state index is 12.6. The van der Waals surface area contributed by atoms with Crippen molar-refractivity contribution < 1.29 is 18.0 Å². The van der Waals surface area contributed by atoms with Crippen LogP contribution in [0.3, 0.4) is 0 Å². The molecular formula is C18H14ClF3N6O. The molecule has 0 fully saturated rings. The van der Waals surface area contributed by atoms with E-state index in [1.807, 2.05) is 0 Å². The van der Waals surface area contributed by atoms with Gasteiger partial charge in [0.15, 0.2) is 5.69 Å². The number of alkyl halides is 3. The maximum absolute atomic E-state index is 12.6. The molecule has 1 amide bonds. The smallest absolute Gasteiger partial charge is 0.382 e. The number of carbonyl (C=O) groups is 1. The molecule has 3 rings (SSSR count). The van der Waals surface area contributed by atoms with E-state index in [0.29, 0.717) is 17.1 Å². The zero-order chi connectivity index (χ0) is 21.0. The fourth-order valence-electron chi connectivity index (χ4n) is 2.30. The van der Waals surface area contributed by atoms with Crippen LogP contribution in [-0.4, -0.2) is 20.9 Å². The molecule has 0 aliphatic carbocycles. The molecule has 0 radical (unpaired) electrons. The summed E-state index contributed by atoms with van der Waals surface area (Å²) in [5.41, 5.74) is 5.93. The number of rotatable bonds is 5. The molecule has 0 unspecified atom stereocenters. The molecule has 0 aliphatic rings. The standard InChI is InChI=1S/C18H14ClF3N6O/c19-14-15(26-9-27-16(14)23)17(29)25-8-10-1-6-13(24-7-10)28-12-4-2-11(3-5-12)18(20,21)22/h1-7,9H,8H2,(H,24,28)(H,25,29)(H2,23,26,27). The number of pyridine rings is 1. The van der Waals surface area contributed by atoms with Gasteiger partial charge in [-0.25, -0.2) is 15.0 Å². The number of hydrogen-bond donors (Lipinski definition) is 3. The van der Waals surface area contributed by atoms with Gasteiger partial charge in [-0.1, -0.05) is 17.7 Å². The topological polar surface area (TPSA) is 106 Å². The van der Waals surface area contributed by atoms with Gasteiger partial charge in [0.1, 0.15) is 23.0 Å². The van der Waals surface area contributed by atoms with Crippen molar-refractivity contribution >= 4 is 34.8 Å². The van der Waals surface area contributed by atoms with Crippen LogP contribution in [0.25, 0.3) is 0 Å². The van der Waals surface area contributed by atoms with E-state index in [1.54, 1.807) is 12.1 Å². The number of aromatic nitrogens is 3. The van der Waals surface area contributed by atoms with E-state index in [4.69, 9.17) is 17.3 Å². The Balaban J connectivity index is 1.59. The Hall–Kier alpha value is -3.40. The van der Waals surface area contributed by atoms with E-state index in [2.05, 4.69) is 25.6 Å². The van der Waals surface area contributed by atoms with Crippen LogP contribution in [-0.2, 0) is 12.7 Å². The van der Waals surface area contributed by atoms with Crippen molar-refractivity contribution in [2.75, 3.05) is 11.1 Å². The predicted octanol–water partition coefficient (Wildman–Crippen LogP) is 3.80. The zero-order valence-electron chi connectivity index (χ0n) is 14.7. The monoisotopic (exact) mass is 422 g/mol. The lowest BCUT2D eigenvalue weighted by Gasteiger charge is -2.10. The number of amides is 1. The molecule has 3 aromatic rings. The summed E-state index contributed by atoms with van der Waals surface area (Å²) in [4.78, 5) is 23.8. The number of benzene rings is 1. The Kier molecular flexibility index (Phi) is 5.83. The van der Waals surface area contributed by atoms with Crippen molar-refractivity contribution in [3.8, 4) is 0 Å². The largest absolute Gasteiger partial charge is 0.416 e. The average Bonchev–Trinajstić information content (AvgIpc) is 2.69. The summed E-state index contributed by atoms with van der Waals surface area (Å²) in [7, 11) is 0. The third kappa shape index (κ3) is 5.11. The minimum Gasteiger partial charge on any atom is -0.382 e. The van der Waals surface area contributed by atoms with E-state index in [9.17, 15) is 18.0 Å². The van der Waals surface area contributed by atoms with E-state index in [1.165, 1.54) is 18.3 Å². The summed E-state index contributed by atoms with van der Waals surface area (Å²) >= 11 is 5.91. The molecule has 0 saturated heterocycles. The van der Waals surface area contributed by atoms with Gasteiger partial charge in [0.2, 0.25) is 0 Å². The maximum Gasteiger partial charge on any atom is 0.416 e. The lowest BCUT2D eigenvalue weighted by atomic mass is 10.2. The zero-order valence-corrected chi connectivity index (χ0v) is 15.4. The number of nitrogens with one attached hydrogen (secondary N) is 2. The highest BCUT2D eigenvalue weighted by atomic mass is 35.5. The van der Waals surface area contributed by atoms with Crippen molar-refractivity contribution in [2.45, 2.75) is 12.7 Å². The third-order valence-electron chi connectivity index (χ3n) is 3.79. The fraction of sp³-hybridized carbons (Fsp3) is 0.111. The van der Waals surface area contributed by atoms with Crippen LogP contribution in [0, 0.1) is 0 Å². The number of nitrogens with zero attached hydrogens (tertiary/aromatic N) is 3. The first-order valence-electron chi connectivity index (χ1n) is 8.17. The quantitative estimate of drug-likeness (QED) is 0.577. The molecule has 11 heteroatoms. The van der Waals surface area contributed by atoms with Crippen LogP contribution < -0.4 is 16.4 Å². The molecule has 29 heavy (non-hydrogen) atoms. The first kappa shape index (κ1) is 20.3. The lowest BCUT2D eigenvalue weighted by Crippen LogP contribution is -2.24. The first-order chi connectivity index (χ1) is 13.7. The Morgan fingerprint density at radius 2 is 1.79 bits per heavy atom.